The van der Waals surface area contributed by atoms with E-state index in [4.69, 9.17) is 5.73 Å². The fourth-order valence-electron chi connectivity index (χ4n) is 1.59. The first-order chi connectivity index (χ1) is 7.20. The number of nitrogens with zero attached hydrogens (tertiary/aromatic N) is 3. The lowest BCUT2D eigenvalue weighted by Gasteiger charge is -2.02. The van der Waals surface area contributed by atoms with E-state index < -0.39 is 0 Å². The molecule has 0 fully saturated rings. The summed E-state index contributed by atoms with van der Waals surface area (Å²) >= 11 is 0. The van der Waals surface area contributed by atoms with Gasteiger partial charge in [-0.05, 0) is 19.4 Å². The van der Waals surface area contributed by atoms with Crippen LogP contribution in [0.5, 0.6) is 0 Å². The molecule has 0 spiro atoms. The molecule has 4 nitrogen and oxygen atoms in total. The maximum atomic E-state index is 5.78. The van der Waals surface area contributed by atoms with Crippen LogP contribution in [0.2, 0.25) is 0 Å². The number of halogens is 1. The molecule has 0 aliphatic rings. The molecule has 88 valence electrons. The smallest absolute Gasteiger partial charge is 0.111 e. The predicted molar refractivity (Wildman–Crippen MR) is 67.7 cm³/mol. The van der Waals surface area contributed by atoms with Crippen molar-refractivity contribution in [3.8, 4) is 0 Å². The molecule has 0 unspecified atom stereocenters. The Morgan fingerprint density at radius 1 is 1.50 bits per heavy atom. The first kappa shape index (κ1) is 12.9. The Morgan fingerprint density at radius 3 is 2.88 bits per heavy atom. The van der Waals surface area contributed by atoms with E-state index in [-0.39, 0.29) is 18.4 Å². The van der Waals surface area contributed by atoms with Crippen LogP contribution in [0.4, 0.5) is 0 Å². The first-order valence-electron chi connectivity index (χ1n) is 5.29. The highest BCUT2D eigenvalue weighted by Gasteiger charge is 2.05. The zero-order valence-electron chi connectivity index (χ0n) is 9.55. The summed E-state index contributed by atoms with van der Waals surface area (Å²) in [6.07, 6.45) is 4.92. The standard InChI is InChI=1S/C11H16N4.ClH/c1-3-4-15-7-9-5-10(8(2)12)13-6-11(9)14-15;/h5-8H,3-4,12H2,1-2H3;1H/t8-;/m1./s1. The van der Waals surface area contributed by atoms with Gasteiger partial charge in [0.1, 0.15) is 5.52 Å². The van der Waals surface area contributed by atoms with E-state index in [0.29, 0.717) is 0 Å². The summed E-state index contributed by atoms with van der Waals surface area (Å²) in [6.45, 7) is 5.02. The lowest BCUT2D eigenvalue weighted by molar-refractivity contribution is 0.608. The van der Waals surface area contributed by atoms with Gasteiger partial charge >= 0.3 is 0 Å². The number of fused-ring (bicyclic) bond motifs is 1. The zero-order valence-corrected chi connectivity index (χ0v) is 10.4. The van der Waals surface area contributed by atoms with Crippen molar-refractivity contribution >= 4 is 23.3 Å². The Bertz CT molecular complexity index is 464. The minimum atomic E-state index is -0.0241. The molecule has 1 atom stereocenters. The summed E-state index contributed by atoms with van der Waals surface area (Å²) < 4.78 is 1.96. The number of pyridine rings is 1. The molecule has 16 heavy (non-hydrogen) atoms. The second-order valence-corrected chi connectivity index (χ2v) is 3.85. The largest absolute Gasteiger partial charge is 0.323 e. The Morgan fingerprint density at radius 2 is 2.25 bits per heavy atom. The fraction of sp³-hybridized carbons (Fsp3) is 0.455. The highest BCUT2D eigenvalue weighted by Crippen LogP contribution is 2.15. The van der Waals surface area contributed by atoms with Gasteiger partial charge in [-0.1, -0.05) is 6.92 Å². The SMILES string of the molecule is CCCn1cc2cc([C@@H](C)N)ncc2n1.Cl. The van der Waals surface area contributed by atoms with Crippen LogP contribution < -0.4 is 5.73 Å². The van der Waals surface area contributed by atoms with Crippen LogP contribution in [0.15, 0.2) is 18.5 Å². The number of rotatable bonds is 3. The second-order valence-electron chi connectivity index (χ2n) is 3.85. The third-order valence-corrected chi connectivity index (χ3v) is 2.38. The van der Waals surface area contributed by atoms with Crippen LogP contribution in [0.3, 0.4) is 0 Å². The average Bonchev–Trinajstić information content (AvgIpc) is 2.59. The van der Waals surface area contributed by atoms with Gasteiger partial charge in [-0.25, -0.2) is 0 Å². The molecule has 0 bridgehead atoms. The van der Waals surface area contributed by atoms with Gasteiger partial charge in [0.2, 0.25) is 0 Å². The normalized spacial score (nSPS) is 12.4. The van der Waals surface area contributed by atoms with Gasteiger partial charge in [-0.15, -0.1) is 12.4 Å². The topological polar surface area (TPSA) is 56.7 Å². The van der Waals surface area contributed by atoms with Gasteiger partial charge in [0.05, 0.1) is 11.9 Å². The summed E-state index contributed by atoms with van der Waals surface area (Å²) in [4.78, 5) is 4.28. The van der Waals surface area contributed by atoms with Crippen molar-refractivity contribution in [2.45, 2.75) is 32.9 Å². The highest BCUT2D eigenvalue weighted by molar-refractivity contribution is 5.85. The van der Waals surface area contributed by atoms with Crippen molar-refractivity contribution in [2.24, 2.45) is 5.73 Å². The molecule has 2 aromatic heterocycles. The summed E-state index contributed by atoms with van der Waals surface area (Å²) in [6, 6.07) is 1.99. The van der Waals surface area contributed by atoms with E-state index in [1.165, 1.54) is 0 Å². The highest BCUT2D eigenvalue weighted by atomic mass is 35.5. The Kier molecular flexibility index (Phi) is 4.26. The molecule has 2 rings (SSSR count). The zero-order chi connectivity index (χ0) is 10.8. The molecule has 0 saturated heterocycles. The number of hydrogen-bond acceptors (Lipinski definition) is 3. The van der Waals surface area contributed by atoms with E-state index in [2.05, 4.69) is 17.0 Å². The summed E-state index contributed by atoms with van der Waals surface area (Å²) in [5.41, 5.74) is 7.63. The van der Waals surface area contributed by atoms with Crippen LogP contribution in [0, 0.1) is 0 Å². The van der Waals surface area contributed by atoms with E-state index in [1.807, 2.05) is 23.9 Å². The van der Waals surface area contributed by atoms with Crippen LogP contribution in [0.25, 0.3) is 10.9 Å². The maximum absolute atomic E-state index is 5.78. The molecule has 0 aromatic carbocycles. The average molecular weight is 241 g/mol. The molecule has 5 heteroatoms. The van der Waals surface area contributed by atoms with Crippen LogP contribution >= 0.6 is 12.4 Å². The van der Waals surface area contributed by atoms with Gasteiger partial charge in [-0.3, -0.25) is 9.67 Å². The summed E-state index contributed by atoms with van der Waals surface area (Å²) in [5.74, 6) is 0. The summed E-state index contributed by atoms with van der Waals surface area (Å²) in [5, 5.41) is 5.53. The van der Waals surface area contributed by atoms with Crippen molar-refractivity contribution in [2.75, 3.05) is 0 Å². The molecular weight excluding hydrogens is 224 g/mol. The van der Waals surface area contributed by atoms with E-state index in [0.717, 1.165) is 29.6 Å². The fourth-order valence-corrected chi connectivity index (χ4v) is 1.59. The molecule has 0 aliphatic heterocycles. The monoisotopic (exact) mass is 240 g/mol. The number of hydrogen-bond donors (Lipinski definition) is 1. The summed E-state index contributed by atoms with van der Waals surface area (Å²) in [7, 11) is 0. The first-order valence-corrected chi connectivity index (χ1v) is 5.29. The van der Waals surface area contributed by atoms with Crippen molar-refractivity contribution in [1.82, 2.24) is 14.8 Å². The molecule has 0 saturated carbocycles. The number of nitrogens with two attached hydrogens (primary N) is 1. The minimum Gasteiger partial charge on any atom is -0.323 e. The van der Waals surface area contributed by atoms with Crippen molar-refractivity contribution in [3.05, 3.63) is 24.2 Å². The predicted octanol–water partition coefficient (Wildman–Crippen LogP) is 2.28. The van der Waals surface area contributed by atoms with Gasteiger partial charge in [-0.2, -0.15) is 5.10 Å². The van der Waals surface area contributed by atoms with Crippen LogP contribution in [0.1, 0.15) is 32.0 Å². The van der Waals surface area contributed by atoms with Crippen molar-refractivity contribution in [1.29, 1.82) is 0 Å². The molecular formula is C11H17ClN4. The van der Waals surface area contributed by atoms with Gasteiger partial charge in [0, 0.05) is 24.2 Å². The quantitative estimate of drug-likeness (QED) is 0.896. The molecule has 0 amide bonds. The minimum absolute atomic E-state index is 0. The van der Waals surface area contributed by atoms with Crippen molar-refractivity contribution in [3.63, 3.8) is 0 Å². The van der Waals surface area contributed by atoms with Crippen molar-refractivity contribution < 1.29 is 0 Å². The Labute approximate surface area is 101 Å². The van der Waals surface area contributed by atoms with Crippen LogP contribution in [-0.4, -0.2) is 14.8 Å². The van der Waals surface area contributed by atoms with E-state index >= 15 is 0 Å². The van der Waals surface area contributed by atoms with Gasteiger partial charge in [0.25, 0.3) is 0 Å². The van der Waals surface area contributed by atoms with Gasteiger partial charge in [0.15, 0.2) is 0 Å². The lowest BCUT2D eigenvalue weighted by atomic mass is 10.2. The maximum Gasteiger partial charge on any atom is 0.111 e. The third-order valence-electron chi connectivity index (χ3n) is 2.38. The number of aryl methyl sites for hydroxylation is 1. The molecule has 0 aliphatic carbocycles. The third kappa shape index (κ3) is 2.51. The number of aromatic nitrogens is 3. The van der Waals surface area contributed by atoms with E-state index in [1.54, 1.807) is 6.20 Å². The lowest BCUT2D eigenvalue weighted by Crippen LogP contribution is -2.06. The van der Waals surface area contributed by atoms with Gasteiger partial charge < -0.3 is 5.73 Å². The molecule has 0 radical (unpaired) electrons. The Balaban J connectivity index is 0.00000128. The Hall–Kier alpha value is -1.13. The molecule has 2 N–H and O–H groups in total. The van der Waals surface area contributed by atoms with Crippen LogP contribution in [-0.2, 0) is 6.54 Å². The molecule has 2 aromatic rings. The van der Waals surface area contributed by atoms with E-state index in [9.17, 15) is 0 Å². The molecule has 2 heterocycles. The second kappa shape index (κ2) is 5.27.